The van der Waals surface area contributed by atoms with Crippen LogP contribution in [0.5, 0.6) is 0 Å². The number of hydrogen-bond acceptors (Lipinski definition) is 3. The van der Waals surface area contributed by atoms with Gasteiger partial charge < -0.3 is 4.55 Å². The molecular formula is C21H15O3S-. The molecule has 0 aliphatic carbocycles. The zero-order valence-corrected chi connectivity index (χ0v) is 14.1. The summed E-state index contributed by atoms with van der Waals surface area (Å²) in [6, 6.07) is 27.5. The van der Waals surface area contributed by atoms with E-state index in [0.717, 1.165) is 32.7 Å². The van der Waals surface area contributed by atoms with Crippen molar-refractivity contribution in [2.24, 2.45) is 0 Å². The Kier molecular flexibility index (Phi) is 4.32. The van der Waals surface area contributed by atoms with E-state index in [4.69, 9.17) is 4.18 Å². The lowest BCUT2D eigenvalue weighted by Gasteiger charge is -2.22. The lowest BCUT2D eigenvalue weighted by molar-refractivity contribution is 0.244. The van der Waals surface area contributed by atoms with Crippen molar-refractivity contribution in [2.75, 3.05) is 0 Å². The van der Waals surface area contributed by atoms with Gasteiger partial charge in [-0.2, -0.15) is 0 Å². The van der Waals surface area contributed by atoms with Crippen LogP contribution in [-0.4, -0.2) is 8.76 Å². The Morgan fingerprint density at radius 2 is 1.12 bits per heavy atom. The predicted octanol–water partition coefficient (Wildman–Crippen LogP) is 4.89. The first-order valence-electron chi connectivity index (χ1n) is 7.96. The van der Waals surface area contributed by atoms with Gasteiger partial charge in [0.05, 0.1) is 11.4 Å². The van der Waals surface area contributed by atoms with E-state index in [1.54, 1.807) is 0 Å². The van der Waals surface area contributed by atoms with Crippen LogP contribution in [0.2, 0.25) is 0 Å². The van der Waals surface area contributed by atoms with Gasteiger partial charge in [-0.15, -0.1) is 0 Å². The minimum absolute atomic E-state index is 0.699. The molecule has 0 spiro atoms. The standard InChI is InChI=1S/C21H16O3S/c22-25(23)24-21(19-13-5-9-15-7-1-3-11-17(15)19)20-14-6-10-16-8-2-4-12-18(16)20/h1-14,21H,(H,22,23)/p-1. The Hall–Kier alpha value is -2.53. The van der Waals surface area contributed by atoms with Crippen molar-refractivity contribution >= 4 is 32.9 Å². The van der Waals surface area contributed by atoms with Gasteiger partial charge in [-0.1, -0.05) is 84.9 Å². The zero-order valence-electron chi connectivity index (χ0n) is 13.3. The topological polar surface area (TPSA) is 49.4 Å². The van der Waals surface area contributed by atoms with Gasteiger partial charge in [0.15, 0.2) is 0 Å². The van der Waals surface area contributed by atoms with E-state index in [2.05, 4.69) is 0 Å². The van der Waals surface area contributed by atoms with E-state index < -0.39 is 17.5 Å². The van der Waals surface area contributed by atoms with Crippen molar-refractivity contribution in [3.63, 3.8) is 0 Å². The minimum Gasteiger partial charge on any atom is -0.750 e. The van der Waals surface area contributed by atoms with Crippen molar-refractivity contribution in [2.45, 2.75) is 6.10 Å². The first-order valence-corrected chi connectivity index (χ1v) is 8.96. The Balaban J connectivity index is 1.98. The van der Waals surface area contributed by atoms with Crippen LogP contribution < -0.4 is 0 Å². The molecular weight excluding hydrogens is 332 g/mol. The summed E-state index contributed by atoms with van der Waals surface area (Å²) in [7, 11) is 0. The van der Waals surface area contributed by atoms with Gasteiger partial charge in [-0.3, -0.25) is 4.18 Å². The molecule has 4 aromatic carbocycles. The maximum Gasteiger partial charge on any atom is 0.125 e. The highest BCUT2D eigenvalue weighted by Gasteiger charge is 2.20. The van der Waals surface area contributed by atoms with Gasteiger partial charge in [0.1, 0.15) is 6.10 Å². The molecule has 0 N–H and O–H groups in total. The molecule has 4 rings (SSSR count). The first-order chi connectivity index (χ1) is 12.2. The van der Waals surface area contributed by atoms with E-state index >= 15 is 0 Å². The second kappa shape index (κ2) is 6.76. The van der Waals surface area contributed by atoms with Crippen LogP contribution >= 0.6 is 0 Å². The molecule has 0 saturated carbocycles. The molecule has 124 valence electrons. The summed E-state index contributed by atoms with van der Waals surface area (Å²) in [5.41, 5.74) is 1.66. The Labute approximate surface area is 148 Å². The smallest absolute Gasteiger partial charge is 0.125 e. The summed E-state index contributed by atoms with van der Waals surface area (Å²) < 4.78 is 28.2. The minimum atomic E-state index is -2.63. The molecule has 0 aliphatic rings. The Morgan fingerprint density at radius 3 is 1.60 bits per heavy atom. The van der Waals surface area contributed by atoms with E-state index in [9.17, 15) is 8.76 Å². The maximum absolute atomic E-state index is 11.4. The lowest BCUT2D eigenvalue weighted by atomic mass is 9.93. The van der Waals surface area contributed by atoms with Crippen LogP contribution in [-0.2, 0) is 15.5 Å². The highest BCUT2D eigenvalue weighted by molar-refractivity contribution is 7.74. The average molecular weight is 347 g/mol. The summed E-state index contributed by atoms with van der Waals surface area (Å²) in [4.78, 5) is 0. The van der Waals surface area contributed by atoms with E-state index in [1.807, 2.05) is 84.9 Å². The molecule has 0 amide bonds. The van der Waals surface area contributed by atoms with Gasteiger partial charge in [0.2, 0.25) is 0 Å². The van der Waals surface area contributed by atoms with Crippen LogP contribution in [0.25, 0.3) is 21.5 Å². The van der Waals surface area contributed by atoms with Crippen molar-refractivity contribution in [1.82, 2.24) is 0 Å². The molecule has 4 heteroatoms. The molecule has 1 atom stereocenters. The summed E-state index contributed by atoms with van der Waals surface area (Å²) >= 11 is -2.63. The molecule has 0 aromatic heterocycles. The fourth-order valence-corrected chi connectivity index (χ4v) is 3.67. The van der Waals surface area contributed by atoms with Crippen LogP contribution in [0.15, 0.2) is 84.9 Å². The molecule has 0 bridgehead atoms. The number of benzene rings is 4. The monoisotopic (exact) mass is 347 g/mol. The number of fused-ring (bicyclic) bond motifs is 2. The number of rotatable bonds is 4. The third-order valence-corrected chi connectivity index (χ3v) is 4.74. The molecule has 4 aromatic rings. The van der Waals surface area contributed by atoms with Gasteiger partial charge in [0.25, 0.3) is 0 Å². The molecule has 0 saturated heterocycles. The molecule has 0 radical (unpaired) electrons. The van der Waals surface area contributed by atoms with Crippen molar-refractivity contribution < 1.29 is 12.9 Å². The van der Waals surface area contributed by atoms with Gasteiger partial charge in [-0.05, 0) is 32.7 Å². The summed E-state index contributed by atoms with van der Waals surface area (Å²) in [5, 5.41) is 4.05. The second-order valence-corrected chi connectivity index (χ2v) is 6.42. The highest BCUT2D eigenvalue weighted by atomic mass is 32.2. The molecule has 1 unspecified atom stereocenters. The summed E-state index contributed by atoms with van der Waals surface area (Å²) in [5.74, 6) is 0. The number of hydrogen-bond donors (Lipinski definition) is 0. The molecule has 0 aliphatic heterocycles. The normalized spacial score (nSPS) is 12.7. The Bertz CT molecular complexity index is 985. The van der Waals surface area contributed by atoms with Gasteiger partial charge in [-0.25, -0.2) is 4.21 Å². The molecule has 0 heterocycles. The van der Waals surface area contributed by atoms with Gasteiger partial charge in [0, 0.05) is 0 Å². The zero-order chi connectivity index (χ0) is 17.2. The maximum atomic E-state index is 11.4. The lowest BCUT2D eigenvalue weighted by Crippen LogP contribution is -2.09. The summed E-state index contributed by atoms with van der Waals surface area (Å²) in [6.07, 6.45) is -0.699. The largest absolute Gasteiger partial charge is 0.750 e. The molecule has 0 fully saturated rings. The van der Waals surface area contributed by atoms with E-state index in [-0.39, 0.29) is 0 Å². The van der Waals surface area contributed by atoms with E-state index in [0.29, 0.717) is 0 Å². The average Bonchev–Trinajstić information content (AvgIpc) is 2.65. The van der Waals surface area contributed by atoms with Crippen LogP contribution in [0, 0.1) is 0 Å². The van der Waals surface area contributed by atoms with E-state index in [1.165, 1.54) is 0 Å². The quantitative estimate of drug-likeness (QED) is 0.494. The fraction of sp³-hybridized carbons (Fsp3) is 0.0476. The van der Waals surface area contributed by atoms with Gasteiger partial charge >= 0.3 is 0 Å². The second-order valence-electron chi connectivity index (χ2n) is 5.82. The third kappa shape index (κ3) is 3.07. The Morgan fingerprint density at radius 1 is 0.680 bits per heavy atom. The predicted molar refractivity (Wildman–Crippen MR) is 99.7 cm³/mol. The molecule has 3 nitrogen and oxygen atoms in total. The highest BCUT2D eigenvalue weighted by Crippen LogP contribution is 2.35. The molecule has 25 heavy (non-hydrogen) atoms. The fourth-order valence-electron chi connectivity index (χ4n) is 3.31. The third-order valence-electron chi connectivity index (χ3n) is 4.39. The van der Waals surface area contributed by atoms with Crippen LogP contribution in [0.4, 0.5) is 0 Å². The van der Waals surface area contributed by atoms with Crippen molar-refractivity contribution in [1.29, 1.82) is 0 Å². The first kappa shape index (κ1) is 16.0. The van der Waals surface area contributed by atoms with Crippen molar-refractivity contribution in [3.8, 4) is 0 Å². The SMILES string of the molecule is O=S([O-])OC(c1cccc2ccccc12)c1cccc2ccccc12. The van der Waals surface area contributed by atoms with Crippen molar-refractivity contribution in [3.05, 3.63) is 96.1 Å². The van der Waals surface area contributed by atoms with Crippen LogP contribution in [0.1, 0.15) is 17.2 Å². The summed E-state index contributed by atoms with van der Waals surface area (Å²) in [6.45, 7) is 0. The van der Waals surface area contributed by atoms with Crippen LogP contribution in [0.3, 0.4) is 0 Å².